The lowest BCUT2D eigenvalue weighted by atomic mass is 10.1. The first-order valence-corrected chi connectivity index (χ1v) is 4.47. The van der Waals surface area contributed by atoms with Crippen LogP contribution < -0.4 is 4.74 Å². The van der Waals surface area contributed by atoms with Gasteiger partial charge in [-0.1, -0.05) is 18.2 Å². The summed E-state index contributed by atoms with van der Waals surface area (Å²) in [5.41, 5.74) is 1.89. The molecule has 1 aromatic rings. The maximum Gasteiger partial charge on any atom is 0.152 e. The second kappa shape index (κ2) is 4.61. The van der Waals surface area contributed by atoms with Crippen LogP contribution in [0.1, 0.15) is 19.4 Å². The lowest BCUT2D eigenvalue weighted by molar-refractivity contribution is -0.112. The molecule has 0 spiro atoms. The highest BCUT2D eigenvalue weighted by atomic mass is 16.5. The van der Waals surface area contributed by atoms with Crippen LogP contribution in [-0.4, -0.2) is 12.9 Å². The molecule has 0 heterocycles. The molecule has 0 aliphatic carbocycles. The first-order chi connectivity index (χ1) is 6.65. The summed E-state index contributed by atoms with van der Waals surface area (Å²) in [5, 5.41) is 0. The van der Waals surface area contributed by atoms with E-state index in [1.54, 1.807) is 20.1 Å². The zero-order valence-electron chi connectivity index (χ0n) is 8.70. The van der Waals surface area contributed by atoms with Crippen molar-refractivity contribution in [1.82, 2.24) is 0 Å². The van der Waals surface area contributed by atoms with Gasteiger partial charge in [0.05, 0.1) is 7.11 Å². The van der Waals surface area contributed by atoms with Crippen LogP contribution in [0.3, 0.4) is 0 Å². The number of hydrogen-bond donors (Lipinski definition) is 0. The zero-order valence-corrected chi connectivity index (χ0v) is 8.70. The smallest absolute Gasteiger partial charge is 0.152 e. The minimum Gasteiger partial charge on any atom is -0.496 e. The number of rotatable bonds is 3. The van der Waals surface area contributed by atoms with Crippen LogP contribution in [0.15, 0.2) is 30.3 Å². The van der Waals surface area contributed by atoms with Crippen LogP contribution in [0, 0.1) is 0 Å². The molecule has 14 heavy (non-hydrogen) atoms. The summed E-state index contributed by atoms with van der Waals surface area (Å²) < 4.78 is 5.20. The molecule has 0 fully saturated rings. The fraction of sp³-hybridized carbons (Fsp3) is 0.250. The van der Waals surface area contributed by atoms with Crippen molar-refractivity contribution < 1.29 is 9.53 Å². The first kappa shape index (κ1) is 10.5. The average Bonchev–Trinajstić information content (AvgIpc) is 2.16. The van der Waals surface area contributed by atoms with E-state index in [1.165, 1.54) is 0 Å². The highest BCUT2D eigenvalue weighted by Crippen LogP contribution is 2.24. The number of allylic oxidation sites excluding steroid dienone is 2. The maximum absolute atomic E-state index is 10.9. The molecule has 0 aliphatic rings. The molecule has 0 saturated carbocycles. The lowest BCUT2D eigenvalue weighted by Gasteiger charge is -2.07. The van der Waals surface area contributed by atoms with Crippen LogP contribution in [0.4, 0.5) is 0 Å². The molecule has 0 bridgehead atoms. The minimum atomic E-state index is 0.0495. The quantitative estimate of drug-likeness (QED) is 0.685. The van der Waals surface area contributed by atoms with E-state index < -0.39 is 0 Å². The van der Waals surface area contributed by atoms with Gasteiger partial charge in [0.2, 0.25) is 0 Å². The predicted octanol–water partition coefficient (Wildman–Crippen LogP) is 2.69. The number of para-hydroxylation sites is 1. The van der Waals surface area contributed by atoms with Crippen LogP contribution in [0.25, 0.3) is 5.57 Å². The van der Waals surface area contributed by atoms with Crippen LogP contribution in [0.2, 0.25) is 0 Å². The SMILES string of the molecule is COc1ccccc1/C(C)=C\C(C)=O. The Balaban J connectivity index is 3.11. The second-order valence-corrected chi connectivity index (χ2v) is 3.14. The molecular formula is C12H14O2. The van der Waals surface area contributed by atoms with E-state index in [4.69, 9.17) is 4.74 Å². The lowest BCUT2D eigenvalue weighted by Crippen LogP contribution is -1.91. The van der Waals surface area contributed by atoms with E-state index in [2.05, 4.69) is 0 Å². The van der Waals surface area contributed by atoms with E-state index in [0.29, 0.717) is 0 Å². The van der Waals surface area contributed by atoms with E-state index >= 15 is 0 Å². The Kier molecular flexibility index (Phi) is 3.46. The number of benzene rings is 1. The summed E-state index contributed by atoms with van der Waals surface area (Å²) in [6.45, 7) is 3.44. The topological polar surface area (TPSA) is 26.3 Å². The van der Waals surface area contributed by atoms with Crippen molar-refractivity contribution in [3.63, 3.8) is 0 Å². The van der Waals surface area contributed by atoms with Crippen molar-refractivity contribution in [3.05, 3.63) is 35.9 Å². The third kappa shape index (κ3) is 2.46. The highest BCUT2D eigenvalue weighted by molar-refractivity contribution is 5.95. The van der Waals surface area contributed by atoms with E-state index in [9.17, 15) is 4.79 Å². The van der Waals surface area contributed by atoms with Gasteiger partial charge in [0.1, 0.15) is 5.75 Å². The Labute approximate surface area is 84.2 Å². The van der Waals surface area contributed by atoms with Gasteiger partial charge in [-0.3, -0.25) is 4.79 Å². The summed E-state index contributed by atoms with van der Waals surface area (Å²) in [7, 11) is 1.62. The molecule has 0 aliphatic heterocycles. The summed E-state index contributed by atoms with van der Waals surface area (Å²) in [6, 6.07) is 7.65. The van der Waals surface area contributed by atoms with Crippen molar-refractivity contribution in [2.75, 3.05) is 7.11 Å². The monoisotopic (exact) mass is 190 g/mol. The third-order valence-corrected chi connectivity index (χ3v) is 1.95. The number of hydrogen-bond acceptors (Lipinski definition) is 2. The minimum absolute atomic E-state index is 0.0495. The molecule has 0 aromatic heterocycles. The van der Waals surface area contributed by atoms with Crippen LogP contribution in [-0.2, 0) is 4.79 Å². The molecule has 0 unspecified atom stereocenters. The summed E-state index contributed by atoms with van der Waals surface area (Å²) >= 11 is 0. The van der Waals surface area contributed by atoms with Gasteiger partial charge in [-0.2, -0.15) is 0 Å². The van der Waals surface area contributed by atoms with Crippen molar-refractivity contribution in [2.45, 2.75) is 13.8 Å². The average molecular weight is 190 g/mol. The Morgan fingerprint density at radius 3 is 2.50 bits per heavy atom. The van der Waals surface area contributed by atoms with Gasteiger partial charge in [0, 0.05) is 5.56 Å². The second-order valence-electron chi connectivity index (χ2n) is 3.14. The van der Waals surface area contributed by atoms with Crippen molar-refractivity contribution >= 4 is 11.4 Å². The van der Waals surface area contributed by atoms with E-state index in [1.807, 2.05) is 31.2 Å². The first-order valence-electron chi connectivity index (χ1n) is 4.47. The molecule has 0 radical (unpaired) electrons. The molecule has 0 atom stereocenters. The number of ether oxygens (including phenoxy) is 1. The largest absolute Gasteiger partial charge is 0.496 e. The predicted molar refractivity (Wildman–Crippen MR) is 57.3 cm³/mol. The Bertz CT molecular complexity index is 364. The summed E-state index contributed by atoms with van der Waals surface area (Å²) in [5.74, 6) is 0.843. The van der Waals surface area contributed by atoms with Gasteiger partial charge in [-0.15, -0.1) is 0 Å². The highest BCUT2D eigenvalue weighted by Gasteiger charge is 2.03. The number of methoxy groups -OCH3 is 1. The Morgan fingerprint density at radius 2 is 1.93 bits per heavy atom. The third-order valence-electron chi connectivity index (χ3n) is 1.95. The fourth-order valence-corrected chi connectivity index (χ4v) is 1.35. The number of carbonyl (C=O) groups is 1. The zero-order chi connectivity index (χ0) is 10.6. The molecular weight excluding hydrogens is 176 g/mol. The fourth-order valence-electron chi connectivity index (χ4n) is 1.35. The van der Waals surface area contributed by atoms with Crippen LogP contribution >= 0.6 is 0 Å². The van der Waals surface area contributed by atoms with Gasteiger partial charge in [-0.25, -0.2) is 0 Å². The van der Waals surface area contributed by atoms with Crippen molar-refractivity contribution in [1.29, 1.82) is 0 Å². The Hall–Kier alpha value is -1.57. The Morgan fingerprint density at radius 1 is 1.29 bits per heavy atom. The van der Waals surface area contributed by atoms with E-state index in [-0.39, 0.29) is 5.78 Å². The summed E-state index contributed by atoms with van der Waals surface area (Å²) in [4.78, 5) is 10.9. The van der Waals surface area contributed by atoms with Gasteiger partial charge in [0.15, 0.2) is 5.78 Å². The number of carbonyl (C=O) groups excluding carboxylic acids is 1. The van der Waals surface area contributed by atoms with Crippen molar-refractivity contribution in [3.8, 4) is 5.75 Å². The molecule has 74 valence electrons. The number of ketones is 1. The van der Waals surface area contributed by atoms with E-state index in [0.717, 1.165) is 16.9 Å². The van der Waals surface area contributed by atoms with Gasteiger partial charge in [-0.05, 0) is 31.6 Å². The normalized spacial score (nSPS) is 11.2. The summed E-state index contributed by atoms with van der Waals surface area (Å²) in [6.07, 6.45) is 1.61. The molecule has 0 saturated heterocycles. The molecule has 1 rings (SSSR count). The van der Waals surface area contributed by atoms with Gasteiger partial charge in [0.25, 0.3) is 0 Å². The van der Waals surface area contributed by atoms with Gasteiger partial charge >= 0.3 is 0 Å². The molecule has 1 aromatic carbocycles. The molecule has 2 nitrogen and oxygen atoms in total. The maximum atomic E-state index is 10.9. The molecule has 2 heteroatoms. The van der Waals surface area contributed by atoms with Crippen molar-refractivity contribution in [2.24, 2.45) is 0 Å². The van der Waals surface area contributed by atoms with Gasteiger partial charge < -0.3 is 4.74 Å². The standard InChI is InChI=1S/C12H14O2/c1-9(8-10(2)13)11-6-4-5-7-12(11)14-3/h4-8H,1-3H3/b9-8-. The molecule has 0 amide bonds. The molecule has 0 N–H and O–H groups in total. The van der Waals surface area contributed by atoms with Crippen LogP contribution in [0.5, 0.6) is 5.75 Å².